The summed E-state index contributed by atoms with van der Waals surface area (Å²) in [4.78, 5) is 79.7. The van der Waals surface area contributed by atoms with E-state index in [0.29, 0.717) is 42.2 Å². The molecule has 5 saturated carbocycles. The predicted molar refractivity (Wildman–Crippen MR) is 322 cm³/mol. The molecule has 20 nitrogen and oxygen atoms in total. The minimum absolute atomic E-state index is 0. The van der Waals surface area contributed by atoms with Crippen molar-refractivity contribution in [1.82, 2.24) is 44.0 Å². The number of aliphatic carboxylic acids is 2. The largest absolute Gasteiger partial charge is 1.00 e. The summed E-state index contributed by atoms with van der Waals surface area (Å²) >= 11 is 6.39. The number of carboxylic acids is 2. The molecule has 5 fully saturated rings. The molecule has 7 heterocycles. The number of pyridine rings is 5. The van der Waals surface area contributed by atoms with E-state index in [-0.39, 0.29) is 121 Å². The number of rotatable bonds is 13. The topological polar surface area (TPSA) is 288 Å². The number of halogens is 5. The van der Waals surface area contributed by atoms with Gasteiger partial charge >= 0.3 is 65.5 Å². The summed E-state index contributed by atoms with van der Waals surface area (Å²) in [6.07, 6.45) is 20.0. The third-order valence-corrected chi connectivity index (χ3v) is 14.3. The minimum atomic E-state index is -5.19. The van der Waals surface area contributed by atoms with Crippen molar-refractivity contribution >= 4 is 63.4 Å². The second kappa shape index (κ2) is 35.3. The fourth-order valence-electron chi connectivity index (χ4n) is 8.16. The minimum Gasteiger partial charge on any atom is -0.481 e. The molecule has 0 saturated heterocycles. The van der Waals surface area contributed by atoms with Crippen LogP contribution in [0.1, 0.15) is 123 Å². The maximum atomic E-state index is 13.0. The Labute approximate surface area is 571 Å². The Kier molecular flexibility index (Phi) is 30.1. The molecule has 0 unspecified atom stereocenters. The van der Waals surface area contributed by atoms with Crippen LogP contribution in [0.25, 0.3) is 11.1 Å². The summed E-state index contributed by atoms with van der Waals surface area (Å²) in [6.45, 7) is 5.16. The molecule has 7 aromatic rings. The summed E-state index contributed by atoms with van der Waals surface area (Å²) in [7, 11) is -1.04. The summed E-state index contributed by atoms with van der Waals surface area (Å²) < 4.78 is 55.7. The molecule has 7 aromatic heterocycles. The average Bonchev–Trinajstić information content (AvgIpc) is 2.06. The van der Waals surface area contributed by atoms with Gasteiger partial charge in [-0.1, -0.05) is 56.8 Å². The van der Waals surface area contributed by atoms with Gasteiger partial charge in [-0.3, -0.25) is 33.9 Å². The van der Waals surface area contributed by atoms with Crippen LogP contribution >= 0.6 is 31.9 Å². The molecular formula is C58H67B2Br2CuF3KN9O11. The fourth-order valence-corrected chi connectivity index (χ4v) is 8.81. The van der Waals surface area contributed by atoms with E-state index < -0.39 is 31.5 Å². The average molecular weight is 1410 g/mol. The maximum absolute atomic E-state index is 13.0. The summed E-state index contributed by atoms with van der Waals surface area (Å²) in [5.74, 6) is 0.952. The molecule has 463 valence electrons. The summed E-state index contributed by atoms with van der Waals surface area (Å²) in [6, 6.07) is 19.4. The molecule has 0 bridgehead atoms. The van der Waals surface area contributed by atoms with Crippen molar-refractivity contribution in [2.24, 2.45) is 11.8 Å². The first-order valence-corrected chi connectivity index (χ1v) is 29.0. The number of carbonyl (C=O) groups is 2. The number of hydrogen-bond acceptors (Lipinski definition) is 15. The first-order chi connectivity index (χ1) is 40.3. The number of H-pyrrole nitrogens is 1. The number of aryl methyl sites for hydroxylation is 4. The molecule has 5 aliphatic carbocycles. The van der Waals surface area contributed by atoms with E-state index in [1.807, 2.05) is 68.2 Å². The van der Waals surface area contributed by atoms with Crippen LogP contribution in [-0.2, 0) is 26.7 Å². The van der Waals surface area contributed by atoms with Crippen LogP contribution in [0.15, 0.2) is 127 Å². The van der Waals surface area contributed by atoms with E-state index in [9.17, 15) is 27.3 Å². The number of carboxylic acid groups (broad SMARTS) is 2. The summed E-state index contributed by atoms with van der Waals surface area (Å²) in [5, 5.41) is 31.3. The smallest absolute Gasteiger partial charge is 0.481 e. The van der Waals surface area contributed by atoms with E-state index in [1.165, 1.54) is 18.6 Å². The molecule has 1 radical (unpaired) electrons. The number of hydrogen-bond donors (Lipinski definition) is 5. The van der Waals surface area contributed by atoms with Crippen LogP contribution in [0.5, 0.6) is 11.8 Å². The fraction of sp³-hybridized carbons (Fsp3) is 0.397. The van der Waals surface area contributed by atoms with E-state index in [0.717, 1.165) is 108 Å². The Morgan fingerprint density at radius 1 is 0.655 bits per heavy atom. The van der Waals surface area contributed by atoms with Gasteiger partial charge < -0.3 is 56.8 Å². The second-order valence-electron chi connectivity index (χ2n) is 21.1. The normalized spacial score (nSPS) is 17.2. The number of nitrogens with one attached hydrogen (secondary N) is 1. The molecule has 5 N–H and O–H groups in total. The number of aromatic nitrogens is 9. The molecule has 0 amide bonds. The van der Waals surface area contributed by atoms with Gasteiger partial charge in [-0.05, 0) is 125 Å². The van der Waals surface area contributed by atoms with Crippen molar-refractivity contribution in [1.29, 1.82) is 0 Å². The van der Waals surface area contributed by atoms with Crippen LogP contribution < -0.4 is 83.0 Å². The van der Waals surface area contributed by atoms with E-state index in [4.69, 9.17) is 39.3 Å². The predicted octanol–water partition coefficient (Wildman–Crippen LogP) is 6.45. The van der Waals surface area contributed by atoms with Gasteiger partial charge in [0.2, 0.25) is 11.4 Å². The van der Waals surface area contributed by atoms with Crippen molar-refractivity contribution in [3.63, 3.8) is 0 Å². The van der Waals surface area contributed by atoms with Crippen molar-refractivity contribution in [2.75, 3.05) is 13.2 Å². The molecule has 4 atom stereocenters. The maximum Gasteiger partial charge on any atom is 1.00 e. The number of nitrogens with zero attached hydrogens (tertiary/aromatic N) is 8. The van der Waals surface area contributed by atoms with E-state index >= 15 is 0 Å². The monoisotopic (exact) mass is 1400 g/mol. The molecule has 5 aliphatic rings. The van der Waals surface area contributed by atoms with Gasteiger partial charge in [0.15, 0.2) is 5.88 Å². The quantitative estimate of drug-likeness (QED) is 0.0775. The third-order valence-electron chi connectivity index (χ3n) is 13.3. The zero-order valence-corrected chi connectivity index (χ0v) is 56.2. The molecular weight excluding hydrogens is 1340 g/mol. The van der Waals surface area contributed by atoms with Crippen molar-refractivity contribution in [3.05, 3.63) is 178 Å². The van der Waals surface area contributed by atoms with Crippen LogP contribution in [0, 0.1) is 39.5 Å². The molecule has 0 aromatic carbocycles. The van der Waals surface area contributed by atoms with Crippen molar-refractivity contribution in [2.45, 2.75) is 123 Å². The van der Waals surface area contributed by atoms with Gasteiger partial charge in [0, 0.05) is 149 Å². The van der Waals surface area contributed by atoms with Crippen molar-refractivity contribution in [3.8, 4) is 22.9 Å². The Hall–Kier alpha value is -5.19. The number of aromatic amines is 1. The van der Waals surface area contributed by atoms with E-state index in [1.54, 1.807) is 41.4 Å². The van der Waals surface area contributed by atoms with Gasteiger partial charge in [-0.2, -0.15) is 4.98 Å². The van der Waals surface area contributed by atoms with Gasteiger partial charge in [0.25, 0.3) is 23.1 Å². The van der Waals surface area contributed by atoms with E-state index in [2.05, 4.69) is 78.9 Å². The van der Waals surface area contributed by atoms with Gasteiger partial charge in [-0.15, -0.1) is 0 Å². The molecule has 12 rings (SSSR count). The Morgan fingerprint density at radius 2 is 1.11 bits per heavy atom. The SMILES string of the molecule is CC(=O)O.CC(=O)O.Cc1ccc([C@H]2C[C@@H]2COc2nc(C)ncc2-c2ccn(C3CC3)c(=O)c2)nc1.Cc1ccc([C@H]2C[C@@H]2COc2nc(C)ncc2[B-](F)(F)F)nc1.O=c1cc(Br)cc[nH]1.O=c1cc(Br)ccn1C1CC1.OB(O)C1CC1.[Cu].[K+]. The Bertz CT molecular complexity index is 3530. The van der Waals surface area contributed by atoms with Crippen LogP contribution in [0.2, 0.25) is 5.82 Å². The Morgan fingerprint density at radius 3 is 1.51 bits per heavy atom. The third kappa shape index (κ3) is 26.4. The van der Waals surface area contributed by atoms with Gasteiger partial charge in [-0.25, -0.2) is 15.0 Å². The molecule has 0 spiro atoms. The zero-order valence-electron chi connectivity index (χ0n) is 49.0. The second-order valence-corrected chi connectivity index (χ2v) is 22.9. The molecule has 87 heavy (non-hydrogen) atoms. The van der Waals surface area contributed by atoms with Gasteiger partial charge in [0.1, 0.15) is 11.6 Å². The first-order valence-electron chi connectivity index (χ1n) is 27.4. The van der Waals surface area contributed by atoms with Crippen LogP contribution in [0.4, 0.5) is 12.9 Å². The Balaban J connectivity index is 0.000000246. The number of ether oxygens (including phenoxy) is 2. The van der Waals surface area contributed by atoms with Crippen LogP contribution in [0.3, 0.4) is 0 Å². The molecule has 0 aliphatic heterocycles. The van der Waals surface area contributed by atoms with Crippen molar-refractivity contribution < 1.29 is 121 Å². The summed E-state index contributed by atoms with van der Waals surface area (Å²) in [5.41, 5.74) is 5.07. The van der Waals surface area contributed by atoms with Crippen LogP contribution in [-0.4, -0.2) is 104 Å². The molecule has 29 heteroatoms. The zero-order chi connectivity index (χ0) is 62.1. The standard InChI is InChI=1S/C23H24N4O2.C15H16BF3N3O.C8H8BrNO.C5H4BrNO.C3H7BO2.2C2H4O2.Cu.K/c1-14-3-6-21(25-11-14)19-9-17(19)13-29-23-20(12-24-15(2)26-23)16-7-8-27(18-4-5-18)22(28)10-16;1-9-3-4-14(21-6-9)12-5-11(12)8-23-15-13(16(17,18)19)7-20-10(2)22-15;9-6-3-4-10(7-1-2-7)8(11)5-6;6-4-1-2-7-5(8)3-4;5-4(6)3-1-2-3;2*1-2(3)4;;/h3,6-8,10-12,17-19H,4-5,9,13H2,1-2H3;3-4,6-7,11-12H,5,8H2,1-2H3;3-5,7H,1-2H2;1-3H,(H,7,8);3,5-6H,1-2H2;2*1H3,(H,3,4);;/q;-1;;;;;;;+1/t17-,19+;11-,12+;;;;;;;/m11......./s1. The first kappa shape index (κ1) is 74.3. The van der Waals surface area contributed by atoms with Gasteiger partial charge in [0.05, 0.1) is 18.8 Å².